The lowest BCUT2D eigenvalue weighted by Crippen LogP contribution is -1.95. The Morgan fingerprint density at radius 2 is 1.82 bits per heavy atom. The summed E-state index contributed by atoms with van der Waals surface area (Å²) in [6.45, 7) is 8.21. The van der Waals surface area contributed by atoms with Gasteiger partial charge >= 0.3 is 0 Å². The van der Waals surface area contributed by atoms with Crippen molar-refractivity contribution in [2.45, 2.75) is 38.0 Å². The molecule has 0 aliphatic carbocycles. The van der Waals surface area contributed by atoms with Crippen LogP contribution in [0.5, 0.6) is 5.75 Å². The van der Waals surface area contributed by atoms with E-state index in [0.29, 0.717) is 11.8 Å². The molecule has 28 heavy (non-hydrogen) atoms. The molecule has 0 amide bonds. The molecule has 1 unspecified atom stereocenters. The molecule has 4 rings (SSSR count). The Morgan fingerprint density at radius 1 is 1.07 bits per heavy atom. The second-order valence-corrected chi connectivity index (χ2v) is 9.01. The minimum Gasteiger partial charge on any atom is -0.497 e. The number of rotatable bonds is 5. The lowest BCUT2D eigenvalue weighted by Gasteiger charge is -2.08. The van der Waals surface area contributed by atoms with Gasteiger partial charge in [-0.15, -0.1) is 21.5 Å². The van der Waals surface area contributed by atoms with Crippen LogP contribution in [-0.2, 0) is 0 Å². The molecule has 1 aromatic carbocycles. The minimum absolute atomic E-state index is 0.0309. The number of ether oxygens (including phenoxy) is 1. The van der Waals surface area contributed by atoms with Crippen LogP contribution >= 0.6 is 23.1 Å². The molecule has 0 saturated heterocycles. The van der Waals surface area contributed by atoms with Crippen LogP contribution in [0.25, 0.3) is 21.7 Å². The van der Waals surface area contributed by atoms with Gasteiger partial charge in [-0.1, -0.05) is 11.8 Å². The van der Waals surface area contributed by atoms with Crippen LogP contribution in [0.1, 0.15) is 34.3 Å². The van der Waals surface area contributed by atoms with Crippen LogP contribution in [0, 0.1) is 20.8 Å². The summed E-state index contributed by atoms with van der Waals surface area (Å²) in [5, 5.41) is 10.5. The smallest absolute Gasteiger partial charge is 0.247 e. The molecule has 0 aliphatic rings. The highest BCUT2D eigenvalue weighted by molar-refractivity contribution is 7.99. The predicted molar refractivity (Wildman–Crippen MR) is 112 cm³/mol. The van der Waals surface area contributed by atoms with E-state index in [9.17, 15) is 0 Å². The molecule has 0 radical (unpaired) electrons. The molecule has 8 heteroatoms. The summed E-state index contributed by atoms with van der Waals surface area (Å²) in [4.78, 5) is 11.6. The first-order valence-corrected chi connectivity index (χ1v) is 10.5. The van der Waals surface area contributed by atoms with Crippen molar-refractivity contribution < 1.29 is 9.15 Å². The van der Waals surface area contributed by atoms with E-state index in [0.717, 1.165) is 32.4 Å². The van der Waals surface area contributed by atoms with Crippen molar-refractivity contribution in [3.05, 3.63) is 46.4 Å². The molecule has 0 bridgehead atoms. The van der Waals surface area contributed by atoms with Crippen LogP contribution in [0.15, 0.2) is 33.7 Å². The lowest BCUT2D eigenvalue weighted by molar-refractivity contribution is 0.415. The summed E-state index contributed by atoms with van der Waals surface area (Å²) in [6, 6.07) is 7.56. The molecule has 4 aromatic rings. The fourth-order valence-electron chi connectivity index (χ4n) is 2.87. The fourth-order valence-corrected chi connectivity index (χ4v) is 5.09. The monoisotopic (exact) mass is 412 g/mol. The largest absolute Gasteiger partial charge is 0.497 e. The van der Waals surface area contributed by atoms with Crippen molar-refractivity contribution in [1.82, 2.24) is 20.2 Å². The number of methoxy groups -OCH3 is 1. The van der Waals surface area contributed by atoms with Gasteiger partial charge < -0.3 is 9.15 Å². The highest BCUT2D eigenvalue weighted by Crippen LogP contribution is 2.41. The van der Waals surface area contributed by atoms with Gasteiger partial charge in [0.25, 0.3) is 0 Å². The first-order chi connectivity index (χ1) is 13.5. The van der Waals surface area contributed by atoms with E-state index in [1.165, 1.54) is 10.4 Å². The molecule has 0 fully saturated rings. The maximum atomic E-state index is 5.93. The average molecular weight is 413 g/mol. The van der Waals surface area contributed by atoms with E-state index in [2.05, 4.69) is 34.0 Å². The molecule has 6 nitrogen and oxygen atoms in total. The summed E-state index contributed by atoms with van der Waals surface area (Å²) < 4.78 is 11.1. The van der Waals surface area contributed by atoms with Gasteiger partial charge in [0.05, 0.1) is 12.4 Å². The molecule has 0 spiro atoms. The minimum atomic E-state index is -0.0309. The van der Waals surface area contributed by atoms with Crippen molar-refractivity contribution >= 4 is 33.3 Å². The Labute approximate surface area is 171 Å². The molecule has 3 heterocycles. The molecule has 0 N–H and O–H groups in total. The third kappa shape index (κ3) is 3.49. The first-order valence-electron chi connectivity index (χ1n) is 8.85. The van der Waals surface area contributed by atoms with E-state index in [1.807, 2.05) is 38.1 Å². The third-order valence-corrected chi connectivity index (χ3v) is 6.70. The number of thiophene rings is 1. The molecule has 1 atom stereocenters. The molecule has 3 aromatic heterocycles. The zero-order valence-electron chi connectivity index (χ0n) is 16.3. The summed E-state index contributed by atoms with van der Waals surface area (Å²) in [5.74, 6) is 2.63. The van der Waals surface area contributed by atoms with Gasteiger partial charge in [-0.05, 0) is 57.5 Å². The van der Waals surface area contributed by atoms with Gasteiger partial charge in [0, 0.05) is 15.8 Å². The third-order valence-electron chi connectivity index (χ3n) is 4.52. The van der Waals surface area contributed by atoms with E-state index in [4.69, 9.17) is 9.15 Å². The standard InChI is InChI=1S/C20H20N4O2S2/c1-10-11(2)27-19-16(10)20(22-13(4)21-19)28-12(3)17-23-24-18(26-17)14-6-8-15(25-5)9-7-14/h6-9,12H,1-5H3. The maximum absolute atomic E-state index is 5.93. The SMILES string of the molecule is COc1ccc(-c2nnc(C(C)Sc3nc(C)nc4sc(C)c(C)c34)o2)cc1. The molecular formula is C20H20N4O2S2. The number of thioether (sulfide) groups is 1. The summed E-state index contributed by atoms with van der Waals surface area (Å²) in [6.07, 6.45) is 0. The number of aryl methyl sites for hydroxylation is 3. The Morgan fingerprint density at radius 3 is 2.54 bits per heavy atom. The van der Waals surface area contributed by atoms with Crippen LogP contribution in [-0.4, -0.2) is 27.3 Å². The first kappa shape index (κ1) is 18.9. The van der Waals surface area contributed by atoms with Crippen molar-refractivity contribution in [2.75, 3.05) is 7.11 Å². The Bertz CT molecular complexity index is 1140. The van der Waals surface area contributed by atoms with Gasteiger partial charge in [0.15, 0.2) is 0 Å². The quantitative estimate of drug-likeness (QED) is 0.315. The average Bonchev–Trinajstić information content (AvgIpc) is 3.27. The van der Waals surface area contributed by atoms with Crippen molar-refractivity contribution in [1.29, 1.82) is 0 Å². The number of fused-ring (bicyclic) bond motifs is 1. The Kier molecular flexibility index (Phi) is 5.07. The molecular weight excluding hydrogens is 392 g/mol. The lowest BCUT2D eigenvalue weighted by atomic mass is 10.2. The van der Waals surface area contributed by atoms with E-state index < -0.39 is 0 Å². The number of aromatic nitrogens is 4. The van der Waals surface area contributed by atoms with Gasteiger partial charge in [-0.25, -0.2) is 9.97 Å². The maximum Gasteiger partial charge on any atom is 0.247 e. The second-order valence-electron chi connectivity index (χ2n) is 6.47. The van der Waals surface area contributed by atoms with Gasteiger partial charge in [-0.2, -0.15) is 0 Å². The van der Waals surface area contributed by atoms with Gasteiger partial charge in [0.2, 0.25) is 11.8 Å². The molecule has 144 valence electrons. The summed E-state index contributed by atoms with van der Waals surface area (Å²) in [5.41, 5.74) is 2.10. The van der Waals surface area contributed by atoms with Crippen LogP contribution in [0.4, 0.5) is 0 Å². The normalized spacial score (nSPS) is 12.5. The van der Waals surface area contributed by atoms with Crippen molar-refractivity contribution in [3.8, 4) is 17.2 Å². The predicted octanol–water partition coefficient (Wildman–Crippen LogP) is 5.53. The zero-order chi connectivity index (χ0) is 19.8. The van der Waals surface area contributed by atoms with Gasteiger partial charge in [-0.3, -0.25) is 0 Å². The summed E-state index contributed by atoms with van der Waals surface area (Å²) >= 11 is 3.33. The number of benzene rings is 1. The Balaban J connectivity index is 1.62. The topological polar surface area (TPSA) is 73.9 Å². The van der Waals surface area contributed by atoms with Crippen LogP contribution in [0.2, 0.25) is 0 Å². The van der Waals surface area contributed by atoms with Crippen molar-refractivity contribution in [2.24, 2.45) is 0 Å². The Hall–Kier alpha value is -2.45. The van der Waals surface area contributed by atoms with Crippen LogP contribution < -0.4 is 4.74 Å². The highest BCUT2D eigenvalue weighted by atomic mass is 32.2. The second kappa shape index (κ2) is 7.52. The number of hydrogen-bond donors (Lipinski definition) is 0. The fraction of sp³-hybridized carbons (Fsp3) is 0.300. The van der Waals surface area contributed by atoms with Crippen LogP contribution in [0.3, 0.4) is 0 Å². The molecule has 0 saturated carbocycles. The number of nitrogens with zero attached hydrogens (tertiary/aromatic N) is 4. The summed E-state index contributed by atoms with van der Waals surface area (Å²) in [7, 11) is 1.64. The number of hydrogen-bond acceptors (Lipinski definition) is 8. The van der Waals surface area contributed by atoms with E-state index in [1.54, 1.807) is 30.2 Å². The highest BCUT2D eigenvalue weighted by Gasteiger charge is 2.21. The van der Waals surface area contributed by atoms with E-state index >= 15 is 0 Å². The molecule has 0 aliphatic heterocycles. The van der Waals surface area contributed by atoms with E-state index in [-0.39, 0.29) is 5.25 Å². The van der Waals surface area contributed by atoms with Crippen molar-refractivity contribution in [3.63, 3.8) is 0 Å². The zero-order valence-corrected chi connectivity index (χ0v) is 17.9. The van der Waals surface area contributed by atoms with Gasteiger partial charge in [0.1, 0.15) is 21.4 Å².